The molecule has 102 valence electrons. The fourth-order valence-corrected chi connectivity index (χ4v) is 2.67. The molecule has 2 aromatic heterocycles. The van der Waals surface area contributed by atoms with Gasteiger partial charge in [0, 0.05) is 6.42 Å². The number of rotatable bonds is 2. The zero-order valence-corrected chi connectivity index (χ0v) is 10.5. The van der Waals surface area contributed by atoms with Gasteiger partial charge in [0.25, 0.3) is 0 Å². The highest BCUT2D eigenvalue weighted by Gasteiger charge is 2.45. The molecule has 1 aliphatic heterocycles. The third-order valence-corrected chi connectivity index (χ3v) is 3.64. The van der Waals surface area contributed by atoms with Crippen LogP contribution in [-0.4, -0.2) is 43.6 Å². The summed E-state index contributed by atoms with van der Waals surface area (Å²) in [5, 5.41) is 23.3. The lowest BCUT2D eigenvalue weighted by Gasteiger charge is -2.23. The van der Waals surface area contributed by atoms with Crippen LogP contribution in [0.5, 0.6) is 0 Å². The van der Waals surface area contributed by atoms with Gasteiger partial charge in [-0.2, -0.15) is 5.10 Å². The number of anilines is 1. The molecule has 0 saturated carbocycles. The first kappa shape index (κ1) is 12.3. The average molecular weight is 264 g/mol. The van der Waals surface area contributed by atoms with Crippen molar-refractivity contribution in [2.75, 3.05) is 12.3 Å². The number of aliphatic hydroxyl groups is 2. The summed E-state index contributed by atoms with van der Waals surface area (Å²) >= 11 is 0. The minimum absolute atomic E-state index is 0.211. The summed E-state index contributed by atoms with van der Waals surface area (Å²) in [7, 11) is 0. The molecule has 7 heteroatoms. The zero-order chi connectivity index (χ0) is 13.6. The van der Waals surface area contributed by atoms with Crippen LogP contribution in [0.15, 0.2) is 18.5 Å². The van der Waals surface area contributed by atoms with Crippen LogP contribution in [0.4, 0.5) is 5.82 Å². The average Bonchev–Trinajstić information content (AvgIpc) is 2.92. The molecular formula is C12H16N4O3. The minimum atomic E-state index is -0.708. The van der Waals surface area contributed by atoms with E-state index in [1.54, 1.807) is 4.52 Å². The van der Waals surface area contributed by atoms with E-state index in [9.17, 15) is 10.2 Å². The topological polar surface area (TPSA) is 106 Å². The summed E-state index contributed by atoms with van der Waals surface area (Å²) in [6.45, 7) is 1.66. The maximum Gasteiger partial charge on any atom is 0.151 e. The van der Waals surface area contributed by atoms with Crippen molar-refractivity contribution in [3.63, 3.8) is 0 Å². The predicted octanol–water partition coefficient (Wildman–Crippen LogP) is -0.331. The van der Waals surface area contributed by atoms with Crippen LogP contribution in [0.25, 0.3) is 5.52 Å². The largest absolute Gasteiger partial charge is 0.394 e. The van der Waals surface area contributed by atoms with Crippen molar-refractivity contribution in [3.8, 4) is 0 Å². The highest BCUT2D eigenvalue weighted by molar-refractivity contribution is 5.65. The summed E-state index contributed by atoms with van der Waals surface area (Å²) in [6.07, 6.45) is 0.507. The third kappa shape index (κ3) is 1.78. The van der Waals surface area contributed by atoms with E-state index in [4.69, 9.17) is 10.5 Å². The Morgan fingerprint density at radius 2 is 2.37 bits per heavy atom. The van der Waals surface area contributed by atoms with Gasteiger partial charge >= 0.3 is 0 Å². The Balaban J connectivity index is 2.08. The van der Waals surface area contributed by atoms with E-state index in [0.717, 1.165) is 5.69 Å². The molecule has 3 heterocycles. The maximum absolute atomic E-state index is 9.90. The van der Waals surface area contributed by atoms with E-state index in [0.29, 0.717) is 17.8 Å². The molecule has 0 aliphatic carbocycles. The summed E-state index contributed by atoms with van der Waals surface area (Å²) in [4.78, 5) is 3.93. The lowest BCUT2D eigenvalue weighted by Crippen LogP contribution is -2.27. The molecule has 0 unspecified atom stereocenters. The monoisotopic (exact) mass is 264 g/mol. The van der Waals surface area contributed by atoms with Gasteiger partial charge in [0.05, 0.1) is 18.4 Å². The Morgan fingerprint density at radius 3 is 3.05 bits per heavy atom. The summed E-state index contributed by atoms with van der Waals surface area (Å²) in [5.41, 5.74) is 6.56. The highest BCUT2D eigenvalue weighted by atomic mass is 16.5. The van der Waals surface area contributed by atoms with Crippen LogP contribution in [0, 0.1) is 0 Å². The first-order valence-corrected chi connectivity index (χ1v) is 6.10. The van der Waals surface area contributed by atoms with Crippen molar-refractivity contribution in [2.45, 2.75) is 31.2 Å². The van der Waals surface area contributed by atoms with Crippen LogP contribution in [0.1, 0.15) is 19.0 Å². The molecule has 0 amide bonds. The summed E-state index contributed by atoms with van der Waals surface area (Å²) in [6, 6.07) is 3.67. The number of nitrogens with two attached hydrogens (primary N) is 1. The Labute approximate surface area is 109 Å². The predicted molar refractivity (Wildman–Crippen MR) is 67.3 cm³/mol. The van der Waals surface area contributed by atoms with Crippen LogP contribution in [0.2, 0.25) is 0 Å². The molecule has 1 saturated heterocycles. The molecule has 2 aromatic rings. The van der Waals surface area contributed by atoms with Crippen molar-refractivity contribution < 1.29 is 14.9 Å². The lowest BCUT2D eigenvalue weighted by atomic mass is 9.97. The third-order valence-electron chi connectivity index (χ3n) is 3.64. The lowest BCUT2D eigenvalue weighted by molar-refractivity contribution is -0.0695. The summed E-state index contributed by atoms with van der Waals surface area (Å²) in [5.74, 6) is 0.391. The van der Waals surface area contributed by atoms with Gasteiger partial charge in [0.15, 0.2) is 5.82 Å². The second kappa shape index (κ2) is 4.16. The molecule has 19 heavy (non-hydrogen) atoms. The number of nitrogen functional groups attached to an aromatic ring is 1. The molecule has 0 aromatic carbocycles. The first-order chi connectivity index (χ1) is 9.05. The minimum Gasteiger partial charge on any atom is -0.394 e. The second-order valence-electron chi connectivity index (χ2n) is 5.00. The van der Waals surface area contributed by atoms with Gasteiger partial charge in [0.2, 0.25) is 0 Å². The normalized spacial score (nSPS) is 31.1. The number of ether oxygens (including phenoxy) is 1. The number of nitrogens with zero attached hydrogens (tertiary/aromatic N) is 3. The molecule has 1 aliphatic rings. The number of hydrogen-bond donors (Lipinski definition) is 3. The molecule has 7 nitrogen and oxygen atoms in total. The molecule has 1 fully saturated rings. The highest BCUT2D eigenvalue weighted by Crippen LogP contribution is 2.39. The van der Waals surface area contributed by atoms with E-state index >= 15 is 0 Å². The quantitative estimate of drug-likeness (QED) is 0.685. The molecule has 3 atom stereocenters. The van der Waals surface area contributed by atoms with Crippen LogP contribution < -0.4 is 5.73 Å². The van der Waals surface area contributed by atoms with Crippen molar-refractivity contribution >= 4 is 11.3 Å². The smallest absolute Gasteiger partial charge is 0.151 e. The van der Waals surface area contributed by atoms with Crippen molar-refractivity contribution in [1.82, 2.24) is 14.6 Å². The fourth-order valence-electron chi connectivity index (χ4n) is 2.67. The Kier molecular flexibility index (Phi) is 2.70. The van der Waals surface area contributed by atoms with Crippen LogP contribution in [0.3, 0.4) is 0 Å². The second-order valence-corrected chi connectivity index (χ2v) is 5.00. The van der Waals surface area contributed by atoms with Gasteiger partial charge in [-0.1, -0.05) is 0 Å². The Bertz CT molecular complexity index is 614. The first-order valence-electron chi connectivity index (χ1n) is 6.10. The molecular weight excluding hydrogens is 248 g/mol. The fraction of sp³-hybridized carbons (Fsp3) is 0.500. The van der Waals surface area contributed by atoms with E-state index < -0.39 is 17.8 Å². The maximum atomic E-state index is 9.90. The number of hydrogen-bond acceptors (Lipinski definition) is 6. The van der Waals surface area contributed by atoms with Gasteiger partial charge in [-0.15, -0.1) is 0 Å². The zero-order valence-electron chi connectivity index (χ0n) is 10.5. The summed E-state index contributed by atoms with van der Waals surface area (Å²) < 4.78 is 7.44. The van der Waals surface area contributed by atoms with Gasteiger partial charge in [0.1, 0.15) is 23.5 Å². The standard InChI is InChI=1S/C12H16N4O3/c1-12(4-8(18)9(5-17)19-12)10-3-2-7-11(13)14-6-15-16(7)10/h2-3,6,8-9,17-18H,4-5H2,1H3,(H2,13,14,15)/t8-,9+,12+/m0/s1. The van der Waals surface area contributed by atoms with Crippen molar-refractivity contribution in [3.05, 3.63) is 24.2 Å². The van der Waals surface area contributed by atoms with Gasteiger partial charge in [-0.05, 0) is 19.1 Å². The number of aromatic nitrogens is 3. The number of fused-ring (bicyclic) bond motifs is 1. The van der Waals surface area contributed by atoms with E-state index in [2.05, 4.69) is 10.1 Å². The van der Waals surface area contributed by atoms with Gasteiger partial charge in [-0.3, -0.25) is 0 Å². The molecule has 4 N–H and O–H groups in total. The van der Waals surface area contributed by atoms with Gasteiger partial charge < -0.3 is 20.7 Å². The molecule has 3 rings (SSSR count). The van der Waals surface area contributed by atoms with E-state index in [1.165, 1.54) is 6.33 Å². The van der Waals surface area contributed by atoms with Crippen LogP contribution in [-0.2, 0) is 10.3 Å². The van der Waals surface area contributed by atoms with E-state index in [1.807, 2.05) is 19.1 Å². The van der Waals surface area contributed by atoms with Crippen molar-refractivity contribution in [2.24, 2.45) is 0 Å². The van der Waals surface area contributed by atoms with Gasteiger partial charge in [-0.25, -0.2) is 9.50 Å². The Morgan fingerprint density at radius 1 is 1.58 bits per heavy atom. The van der Waals surface area contributed by atoms with E-state index in [-0.39, 0.29) is 6.61 Å². The molecule has 0 bridgehead atoms. The van der Waals surface area contributed by atoms with Crippen LogP contribution >= 0.6 is 0 Å². The van der Waals surface area contributed by atoms with Crippen molar-refractivity contribution in [1.29, 1.82) is 0 Å². The molecule has 0 radical (unpaired) electrons. The SMILES string of the molecule is C[C@]1(c2ccc3c(N)ncnn23)C[C@H](O)[C@@H](CO)O1. The number of aliphatic hydroxyl groups excluding tert-OH is 2. The Hall–Kier alpha value is -1.70. The molecule has 0 spiro atoms.